The van der Waals surface area contributed by atoms with Crippen molar-refractivity contribution in [2.75, 3.05) is 32.9 Å². The van der Waals surface area contributed by atoms with Crippen molar-refractivity contribution in [1.29, 1.82) is 0 Å². The first kappa shape index (κ1) is 12.8. The molecule has 0 aliphatic carbocycles. The van der Waals surface area contributed by atoms with Crippen LogP contribution in [0.25, 0.3) is 0 Å². The van der Waals surface area contributed by atoms with Crippen LogP contribution in [0.15, 0.2) is 6.07 Å². The van der Waals surface area contributed by atoms with Crippen LogP contribution in [0, 0.1) is 0 Å². The van der Waals surface area contributed by atoms with Crippen molar-refractivity contribution in [3.05, 3.63) is 11.8 Å². The summed E-state index contributed by atoms with van der Waals surface area (Å²) >= 11 is 0. The fraction of sp³-hybridized carbons (Fsp3) is 0.636. The molecule has 0 spiro atoms. The van der Waals surface area contributed by atoms with Crippen molar-refractivity contribution < 1.29 is 9.90 Å². The van der Waals surface area contributed by atoms with Crippen LogP contribution >= 0.6 is 0 Å². The standard InChI is InChI=1S/C11H19N5O2/c1-15(2)5-7-3-8(17)6-16(7)11(18)9-4-10(12)14-13-9/h4,7-8,17H,3,5-6H2,1-2H3,(H3,12,13,14). The predicted octanol–water partition coefficient (Wildman–Crippen LogP) is -0.871. The van der Waals surface area contributed by atoms with Crippen LogP contribution in [0.4, 0.5) is 5.82 Å². The molecule has 7 heteroatoms. The number of nitrogens with two attached hydrogens (primary N) is 1. The second-order valence-corrected chi connectivity index (χ2v) is 4.97. The summed E-state index contributed by atoms with van der Waals surface area (Å²) < 4.78 is 0. The quantitative estimate of drug-likeness (QED) is 0.650. The van der Waals surface area contributed by atoms with E-state index in [0.29, 0.717) is 24.5 Å². The minimum Gasteiger partial charge on any atom is -0.391 e. The average molecular weight is 253 g/mol. The summed E-state index contributed by atoms with van der Waals surface area (Å²) in [5.74, 6) is 0.129. The first-order valence-corrected chi connectivity index (χ1v) is 5.92. The first-order chi connectivity index (χ1) is 8.47. The third-order valence-corrected chi connectivity index (χ3v) is 3.06. The summed E-state index contributed by atoms with van der Waals surface area (Å²) in [5, 5.41) is 16.1. The van der Waals surface area contributed by atoms with E-state index < -0.39 is 6.10 Å². The van der Waals surface area contributed by atoms with Crippen LogP contribution in [0.1, 0.15) is 16.9 Å². The molecule has 2 rings (SSSR count). The molecular weight excluding hydrogens is 234 g/mol. The van der Waals surface area contributed by atoms with Crippen molar-refractivity contribution >= 4 is 11.7 Å². The largest absolute Gasteiger partial charge is 0.391 e. The Balaban J connectivity index is 2.12. The van der Waals surface area contributed by atoms with E-state index in [9.17, 15) is 9.90 Å². The fourth-order valence-corrected chi connectivity index (χ4v) is 2.34. The number of aliphatic hydroxyl groups excluding tert-OH is 1. The van der Waals surface area contributed by atoms with Crippen molar-refractivity contribution in [2.45, 2.75) is 18.6 Å². The number of carbonyl (C=O) groups excluding carboxylic acids is 1. The minimum absolute atomic E-state index is 0.0204. The highest BCUT2D eigenvalue weighted by Crippen LogP contribution is 2.21. The molecule has 1 aromatic rings. The van der Waals surface area contributed by atoms with Gasteiger partial charge in [-0.3, -0.25) is 9.89 Å². The van der Waals surface area contributed by atoms with Crippen LogP contribution in [0.3, 0.4) is 0 Å². The van der Waals surface area contributed by atoms with E-state index in [2.05, 4.69) is 10.2 Å². The molecule has 1 saturated heterocycles. The highest BCUT2D eigenvalue weighted by molar-refractivity contribution is 5.93. The van der Waals surface area contributed by atoms with Gasteiger partial charge in [0.05, 0.1) is 6.10 Å². The molecule has 18 heavy (non-hydrogen) atoms. The molecule has 2 unspecified atom stereocenters. The Morgan fingerprint density at radius 3 is 3.00 bits per heavy atom. The Morgan fingerprint density at radius 2 is 2.44 bits per heavy atom. The normalized spacial score (nSPS) is 23.9. The molecule has 1 amide bonds. The Bertz CT molecular complexity index is 431. The summed E-state index contributed by atoms with van der Waals surface area (Å²) in [5.41, 5.74) is 5.85. The van der Waals surface area contributed by atoms with Crippen LogP contribution in [-0.4, -0.2) is 70.3 Å². The van der Waals surface area contributed by atoms with Gasteiger partial charge in [-0.05, 0) is 20.5 Å². The van der Waals surface area contributed by atoms with Gasteiger partial charge in [0.2, 0.25) is 0 Å². The van der Waals surface area contributed by atoms with E-state index >= 15 is 0 Å². The summed E-state index contributed by atoms with van der Waals surface area (Å²) in [6.45, 7) is 1.09. The number of hydrogen-bond donors (Lipinski definition) is 3. The van der Waals surface area contributed by atoms with E-state index in [0.717, 1.165) is 6.54 Å². The Labute approximate surface area is 106 Å². The smallest absolute Gasteiger partial charge is 0.272 e. The molecule has 1 aliphatic rings. The molecule has 0 saturated carbocycles. The predicted molar refractivity (Wildman–Crippen MR) is 67.0 cm³/mol. The van der Waals surface area contributed by atoms with Crippen LogP contribution < -0.4 is 5.73 Å². The number of anilines is 1. The maximum Gasteiger partial charge on any atom is 0.272 e. The van der Waals surface area contributed by atoms with Gasteiger partial charge in [0.1, 0.15) is 11.5 Å². The number of nitrogens with one attached hydrogen (secondary N) is 1. The van der Waals surface area contributed by atoms with Gasteiger partial charge in [0.25, 0.3) is 5.91 Å². The van der Waals surface area contributed by atoms with E-state index in [-0.39, 0.29) is 11.9 Å². The lowest BCUT2D eigenvalue weighted by atomic mass is 10.2. The zero-order chi connectivity index (χ0) is 13.3. The second-order valence-electron chi connectivity index (χ2n) is 4.97. The number of amides is 1. The molecule has 0 aromatic carbocycles. The van der Waals surface area contributed by atoms with Crippen molar-refractivity contribution in [3.63, 3.8) is 0 Å². The third kappa shape index (κ3) is 2.62. The Kier molecular flexibility index (Phi) is 3.53. The van der Waals surface area contributed by atoms with Gasteiger partial charge in [-0.15, -0.1) is 0 Å². The number of likely N-dealkylation sites (tertiary alicyclic amines) is 1. The summed E-state index contributed by atoms with van der Waals surface area (Å²) in [7, 11) is 3.89. The molecule has 1 fully saturated rings. The van der Waals surface area contributed by atoms with Gasteiger partial charge in [-0.25, -0.2) is 0 Å². The lowest BCUT2D eigenvalue weighted by molar-refractivity contribution is 0.0693. The number of likely N-dealkylation sites (N-methyl/N-ethyl adjacent to an activating group) is 1. The SMILES string of the molecule is CN(C)CC1CC(O)CN1C(=O)c1cc(N)n[nH]1. The van der Waals surface area contributed by atoms with Gasteiger partial charge in [-0.2, -0.15) is 5.10 Å². The van der Waals surface area contributed by atoms with E-state index in [1.807, 2.05) is 19.0 Å². The molecule has 100 valence electrons. The molecule has 0 radical (unpaired) electrons. The first-order valence-electron chi connectivity index (χ1n) is 5.92. The van der Waals surface area contributed by atoms with Gasteiger partial charge < -0.3 is 20.6 Å². The maximum absolute atomic E-state index is 12.3. The summed E-state index contributed by atoms with van der Waals surface area (Å²) in [6.07, 6.45) is 0.146. The molecule has 1 aliphatic heterocycles. The average Bonchev–Trinajstić information content (AvgIpc) is 2.83. The summed E-state index contributed by atoms with van der Waals surface area (Å²) in [4.78, 5) is 15.9. The molecular formula is C11H19N5O2. The number of nitrogens with zero attached hydrogens (tertiary/aromatic N) is 3. The molecule has 7 nitrogen and oxygen atoms in total. The molecule has 2 atom stereocenters. The number of nitrogen functional groups attached to an aromatic ring is 1. The van der Waals surface area contributed by atoms with Gasteiger partial charge in [0.15, 0.2) is 0 Å². The monoisotopic (exact) mass is 253 g/mol. The van der Waals surface area contributed by atoms with Gasteiger partial charge in [0, 0.05) is 25.2 Å². The molecule has 0 bridgehead atoms. The lowest BCUT2D eigenvalue weighted by Gasteiger charge is -2.26. The third-order valence-electron chi connectivity index (χ3n) is 3.06. The highest BCUT2D eigenvalue weighted by atomic mass is 16.3. The van der Waals surface area contributed by atoms with E-state index in [4.69, 9.17) is 5.73 Å². The number of carbonyl (C=O) groups is 1. The number of rotatable bonds is 3. The maximum atomic E-state index is 12.3. The number of aromatic amines is 1. The topological polar surface area (TPSA) is 98.5 Å². The fourth-order valence-electron chi connectivity index (χ4n) is 2.34. The molecule has 4 N–H and O–H groups in total. The Morgan fingerprint density at radius 1 is 1.72 bits per heavy atom. The van der Waals surface area contributed by atoms with Gasteiger partial charge >= 0.3 is 0 Å². The number of β-amino-alcohol motifs (C(OH)–C–C–N with tert-alkyl or cyclic N) is 1. The van der Waals surface area contributed by atoms with Crippen molar-refractivity contribution in [2.24, 2.45) is 0 Å². The molecule has 1 aromatic heterocycles. The van der Waals surface area contributed by atoms with E-state index in [1.165, 1.54) is 6.07 Å². The van der Waals surface area contributed by atoms with Crippen LogP contribution in [-0.2, 0) is 0 Å². The summed E-state index contributed by atoms with van der Waals surface area (Å²) in [6, 6.07) is 1.53. The number of aromatic nitrogens is 2. The number of hydrogen-bond acceptors (Lipinski definition) is 5. The van der Waals surface area contributed by atoms with Crippen molar-refractivity contribution in [1.82, 2.24) is 20.0 Å². The molecule has 2 heterocycles. The second kappa shape index (κ2) is 4.95. The van der Waals surface area contributed by atoms with Crippen LogP contribution in [0.5, 0.6) is 0 Å². The Hall–Kier alpha value is -1.60. The van der Waals surface area contributed by atoms with Gasteiger partial charge in [-0.1, -0.05) is 0 Å². The highest BCUT2D eigenvalue weighted by Gasteiger charge is 2.35. The lowest BCUT2D eigenvalue weighted by Crippen LogP contribution is -2.41. The number of H-pyrrole nitrogens is 1. The number of aliphatic hydroxyl groups is 1. The van der Waals surface area contributed by atoms with Crippen LogP contribution in [0.2, 0.25) is 0 Å². The van der Waals surface area contributed by atoms with E-state index in [1.54, 1.807) is 4.90 Å². The zero-order valence-corrected chi connectivity index (χ0v) is 10.6. The minimum atomic E-state index is -0.459. The van der Waals surface area contributed by atoms with Crippen molar-refractivity contribution in [3.8, 4) is 0 Å². The zero-order valence-electron chi connectivity index (χ0n) is 10.6.